The molecular formula is C11H22N2S. The molecule has 0 fully saturated rings. The normalized spacial score (nSPS) is 25.5. The molecule has 2 atom stereocenters. The predicted octanol–water partition coefficient (Wildman–Crippen LogP) is 2.89. The maximum atomic E-state index is 4.60. The van der Waals surface area contributed by atoms with E-state index in [1.165, 1.54) is 12.2 Å². The highest BCUT2D eigenvalue weighted by atomic mass is 32.2. The molecule has 2 unspecified atom stereocenters. The van der Waals surface area contributed by atoms with Gasteiger partial charge in [0.1, 0.15) is 0 Å². The fourth-order valence-corrected chi connectivity index (χ4v) is 2.28. The molecule has 1 heterocycles. The van der Waals surface area contributed by atoms with Gasteiger partial charge in [-0.1, -0.05) is 32.5 Å². The summed E-state index contributed by atoms with van der Waals surface area (Å²) in [6.45, 7) is 11.2. The van der Waals surface area contributed by atoms with Gasteiger partial charge in [0.05, 0.1) is 6.04 Å². The first-order chi connectivity index (χ1) is 6.39. The Morgan fingerprint density at radius 3 is 2.64 bits per heavy atom. The quantitative estimate of drug-likeness (QED) is 0.726. The van der Waals surface area contributed by atoms with Crippen molar-refractivity contribution in [2.45, 2.75) is 53.1 Å². The third-order valence-corrected chi connectivity index (χ3v) is 3.69. The molecule has 0 saturated carbocycles. The van der Waals surface area contributed by atoms with Gasteiger partial charge in [0.25, 0.3) is 0 Å². The van der Waals surface area contributed by atoms with Crippen LogP contribution in [0, 0.1) is 5.41 Å². The molecule has 0 spiro atoms. The molecule has 0 amide bonds. The van der Waals surface area contributed by atoms with Crippen LogP contribution in [-0.2, 0) is 0 Å². The van der Waals surface area contributed by atoms with Crippen LogP contribution in [0.3, 0.4) is 0 Å². The van der Waals surface area contributed by atoms with Gasteiger partial charge in [-0.05, 0) is 25.7 Å². The van der Waals surface area contributed by atoms with Gasteiger partial charge in [-0.15, -0.1) is 0 Å². The van der Waals surface area contributed by atoms with Gasteiger partial charge in [0.15, 0.2) is 5.17 Å². The number of nitrogens with one attached hydrogen (secondary N) is 1. The SMILES string of the molecule is CC1CCSC(NC(C)C(C)(C)C)=N1. The molecule has 0 aliphatic carbocycles. The Morgan fingerprint density at radius 2 is 2.14 bits per heavy atom. The van der Waals surface area contributed by atoms with Gasteiger partial charge in [-0.25, -0.2) is 0 Å². The molecule has 0 radical (unpaired) electrons. The minimum atomic E-state index is 0.295. The topological polar surface area (TPSA) is 24.4 Å². The van der Waals surface area contributed by atoms with Crippen molar-refractivity contribution in [2.24, 2.45) is 10.4 Å². The molecule has 14 heavy (non-hydrogen) atoms. The summed E-state index contributed by atoms with van der Waals surface area (Å²) >= 11 is 1.85. The fourth-order valence-electron chi connectivity index (χ4n) is 1.11. The second kappa shape index (κ2) is 4.56. The zero-order valence-corrected chi connectivity index (χ0v) is 10.7. The van der Waals surface area contributed by atoms with Gasteiger partial charge in [-0.2, -0.15) is 0 Å². The highest BCUT2D eigenvalue weighted by Crippen LogP contribution is 2.21. The summed E-state index contributed by atoms with van der Waals surface area (Å²) in [5.41, 5.74) is 0.295. The minimum Gasteiger partial charge on any atom is -0.362 e. The van der Waals surface area contributed by atoms with Crippen molar-refractivity contribution in [2.75, 3.05) is 5.75 Å². The summed E-state index contributed by atoms with van der Waals surface area (Å²) < 4.78 is 0. The summed E-state index contributed by atoms with van der Waals surface area (Å²) in [6, 6.07) is 0.963. The zero-order chi connectivity index (χ0) is 10.8. The largest absolute Gasteiger partial charge is 0.362 e. The molecular weight excluding hydrogens is 192 g/mol. The zero-order valence-electron chi connectivity index (χ0n) is 9.92. The lowest BCUT2D eigenvalue weighted by Crippen LogP contribution is -2.41. The van der Waals surface area contributed by atoms with Crippen molar-refractivity contribution in [1.82, 2.24) is 5.32 Å². The van der Waals surface area contributed by atoms with E-state index in [1.807, 2.05) is 11.8 Å². The maximum absolute atomic E-state index is 4.60. The highest BCUT2D eigenvalue weighted by Gasteiger charge is 2.22. The fraction of sp³-hybridized carbons (Fsp3) is 0.909. The number of thioether (sulfide) groups is 1. The Bertz CT molecular complexity index is 218. The van der Waals surface area contributed by atoms with Crippen LogP contribution in [0.1, 0.15) is 41.0 Å². The van der Waals surface area contributed by atoms with Crippen molar-refractivity contribution in [3.05, 3.63) is 0 Å². The molecule has 1 N–H and O–H groups in total. The summed E-state index contributed by atoms with van der Waals surface area (Å²) in [6.07, 6.45) is 1.21. The van der Waals surface area contributed by atoms with Crippen LogP contribution in [0.5, 0.6) is 0 Å². The number of nitrogens with zero attached hydrogens (tertiary/aromatic N) is 1. The summed E-state index contributed by atoms with van der Waals surface area (Å²) in [4.78, 5) is 4.60. The smallest absolute Gasteiger partial charge is 0.157 e. The van der Waals surface area contributed by atoms with Crippen molar-refractivity contribution in [3.63, 3.8) is 0 Å². The van der Waals surface area contributed by atoms with Crippen LogP contribution >= 0.6 is 11.8 Å². The first-order valence-electron chi connectivity index (χ1n) is 5.36. The van der Waals surface area contributed by atoms with Gasteiger partial charge in [0, 0.05) is 11.8 Å². The van der Waals surface area contributed by atoms with Crippen molar-refractivity contribution >= 4 is 16.9 Å². The van der Waals surface area contributed by atoms with E-state index in [2.05, 4.69) is 44.9 Å². The van der Waals surface area contributed by atoms with E-state index in [4.69, 9.17) is 0 Å². The van der Waals surface area contributed by atoms with E-state index in [0.29, 0.717) is 17.5 Å². The lowest BCUT2D eigenvalue weighted by molar-refractivity contribution is 0.317. The number of amidine groups is 1. The summed E-state index contributed by atoms with van der Waals surface area (Å²) in [5.74, 6) is 1.20. The van der Waals surface area contributed by atoms with Crippen LogP contribution in [0.2, 0.25) is 0 Å². The van der Waals surface area contributed by atoms with Crippen LogP contribution in [0.15, 0.2) is 4.99 Å². The lowest BCUT2D eigenvalue weighted by atomic mass is 9.88. The first kappa shape index (κ1) is 11.9. The van der Waals surface area contributed by atoms with E-state index in [0.717, 1.165) is 5.17 Å². The molecule has 0 bridgehead atoms. The second-order valence-corrected chi connectivity index (χ2v) is 6.24. The van der Waals surface area contributed by atoms with Crippen LogP contribution < -0.4 is 5.32 Å². The molecule has 3 heteroatoms. The van der Waals surface area contributed by atoms with Gasteiger partial charge < -0.3 is 5.32 Å². The molecule has 82 valence electrons. The van der Waals surface area contributed by atoms with Gasteiger partial charge in [-0.3, -0.25) is 4.99 Å². The van der Waals surface area contributed by atoms with Gasteiger partial charge >= 0.3 is 0 Å². The standard InChI is InChI=1S/C11H22N2S/c1-8-6-7-14-10(12-8)13-9(2)11(3,4)5/h8-9H,6-7H2,1-5H3,(H,12,13). The highest BCUT2D eigenvalue weighted by molar-refractivity contribution is 8.13. The van der Waals surface area contributed by atoms with Crippen molar-refractivity contribution < 1.29 is 0 Å². The maximum Gasteiger partial charge on any atom is 0.157 e. The number of hydrogen-bond acceptors (Lipinski definition) is 3. The molecule has 0 aromatic carbocycles. The monoisotopic (exact) mass is 214 g/mol. The second-order valence-electron chi connectivity index (χ2n) is 5.15. The Kier molecular flexibility index (Phi) is 3.87. The molecule has 0 saturated heterocycles. The Morgan fingerprint density at radius 1 is 1.50 bits per heavy atom. The molecule has 1 aliphatic rings. The lowest BCUT2D eigenvalue weighted by Gasteiger charge is -2.30. The Balaban J connectivity index is 2.52. The molecule has 2 nitrogen and oxygen atoms in total. The van der Waals surface area contributed by atoms with E-state index in [-0.39, 0.29) is 0 Å². The number of rotatable bonds is 1. The average Bonchev–Trinajstić information content (AvgIpc) is 2.02. The molecule has 1 aliphatic heterocycles. The van der Waals surface area contributed by atoms with Crippen LogP contribution in [-0.4, -0.2) is 23.0 Å². The molecule has 0 aromatic rings. The van der Waals surface area contributed by atoms with E-state index in [1.54, 1.807) is 0 Å². The van der Waals surface area contributed by atoms with E-state index < -0.39 is 0 Å². The molecule has 1 rings (SSSR count). The van der Waals surface area contributed by atoms with Crippen molar-refractivity contribution in [1.29, 1.82) is 0 Å². The summed E-state index contributed by atoms with van der Waals surface area (Å²) in [7, 11) is 0. The average molecular weight is 214 g/mol. The minimum absolute atomic E-state index is 0.295. The first-order valence-corrected chi connectivity index (χ1v) is 6.35. The predicted molar refractivity (Wildman–Crippen MR) is 66.0 cm³/mol. The summed E-state index contributed by atoms with van der Waals surface area (Å²) in [5, 5.41) is 4.63. The Labute approximate surface area is 92.0 Å². The molecule has 0 aromatic heterocycles. The van der Waals surface area contributed by atoms with Crippen molar-refractivity contribution in [3.8, 4) is 0 Å². The van der Waals surface area contributed by atoms with Crippen LogP contribution in [0.25, 0.3) is 0 Å². The van der Waals surface area contributed by atoms with E-state index in [9.17, 15) is 0 Å². The van der Waals surface area contributed by atoms with E-state index >= 15 is 0 Å². The van der Waals surface area contributed by atoms with Crippen LogP contribution in [0.4, 0.5) is 0 Å². The third-order valence-electron chi connectivity index (χ3n) is 2.75. The third kappa shape index (κ3) is 3.52. The van der Waals surface area contributed by atoms with Gasteiger partial charge in [0.2, 0.25) is 0 Å². The number of hydrogen-bond donors (Lipinski definition) is 1. The Hall–Kier alpha value is -0.180. The number of aliphatic imine (C=N–C) groups is 1.